The SMILES string of the molecule is Cc1n[nH]c(C)c1S(=O)(=O)N1CCCN(S(=O)(=O)Cc2cc(F)cc(F)c2)CC1. The summed E-state index contributed by atoms with van der Waals surface area (Å²) in [4.78, 5) is 0.101. The molecule has 12 heteroatoms. The highest BCUT2D eigenvalue weighted by atomic mass is 32.2. The number of aromatic amines is 1. The van der Waals surface area contributed by atoms with E-state index in [2.05, 4.69) is 10.2 Å². The van der Waals surface area contributed by atoms with Gasteiger partial charge in [-0.25, -0.2) is 29.9 Å². The minimum atomic E-state index is -3.87. The van der Waals surface area contributed by atoms with E-state index in [0.717, 1.165) is 12.1 Å². The van der Waals surface area contributed by atoms with Crippen LogP contribution in [0.25, 0.3) is 0 Å². The molecule has 160 valence electrons. The largest absolute Gasteiger partial charge is 0.281 e. The first kappa shape index (κ1) is 21.8. The van der Waals surface area contributed by atoms with Crippen LogP contribution in [0, 0.1) is 25.5 Å². The second kappa shape index (κ2) is 8.09. The maximum absolute atomic E-state index is 13.4. The Morgan fingerprint density at radius 2 is 1.55 bits per heavy atom. The zero-order chi connectivity index (χ0) is 21.4. The van der Waals surface area contributed by atoms with Gasteiger partial charge in [0.15, 0.2) is 0 Å². The van der Waals surface area contributed by atoms with E-state index in [-0.39, 0.29) is 36.6 Å². The zero-order valence-electron chi connectivity index (χ0n) is 16.0. The second-order valence-electron chi connectivity index (χ2n) is 6.95. The number of H-pyrrole nitrogens is 1. The van der Waals surface area contributed by atoms with Gasteiger partial charge < -0.3 is 0 Å². The Balaban J connectivity index is 1.77. The van der Waals surface area contributed by atoms with Crippen LogP contribution in [0.5, 0.6) is 0 Å². The molecule has 1 saturated heterocycles. The minimum absolute atomic E-state index is 0.000807. The molecule has 1 aromatic heterocycles. The van der Waals surface area contributed by atoms with Crippen LogP contribution >= 0.6 is 0 Å². The van der Waals surface area contributed by atoms with Gasteiger partial charge in [-0.2, -0.15) is 9.40 Å². The fraction of sp³-hybridized carbons (Fsp3) is 0.471. The van der Waals surface area contributed by atoms with Gasteiger partial charge in [0.25, 0.3) is 0 Å². The number of benzene rings is 1. The maximum atomic E-state index is 13.4. The molecule has 1 aliphatic rings. The van der Waals surface area contributed by atoms with Crippen LogP contribution in [0.15, 0.2) is 23.1 Å². The highest BCUT2D eigenvalue weighted by Crippen LogP contribution is 2.24. The molecule has 0 unspecified atom stereocenters. The molecule has 1 aromatic carbocycles. The number of halogens is 2. The summed E-state index contributed by atoms with van der Waals surface area (Å²) >= 11 is 0. The van der Waals surface area contributed by atoms with E-state index in [4.69, 9.17) is 0 Å². The van der Waals surface area contributed by atoms with Crippen LogP contribution in [-0.4, -0.2) is 61.8 Å². The molecule has 1 aliphatic heterocycles. The molecule has 0 saturated carbocycles. The Hall–Kier alpha value is -1.89. The van der Waals surface area contributed by atoms with Crippen molar-refractivity contribution in [2.24, 2.45) is 0 Å². The molecule has 0 amide bonds. The summed E-state index contributed by atoms with van der Waals surface area (Å²) in [5, 5.41) is 6.56. The monoisotopic (exact) mass is 448 g/mol. The summed E-state index contributed by atoms with van der Waals surface area (Å²) < 4.78 is 80.5. The molecule has 0 bridgehead atoms. The lowest BCUT2D eigenvalue weighted by molar-refractivity contribution is 0.404. The predicted molar refractivity (Wildman–Crippen MR) is 102 cm³/mol. The molecule has 29 heavy (non-hydrogen) atoms. The second-order valence-corrected chi connectivity index (χ2v) is 10.8. The summed E-state index contributed by atoms with van der Waals surface area (Å²) in [5.74, 6) is -2.27. The van der Waals surface area contributed by atoms with Gasteiger partial charge in [-0.15, -0.1) is 0 Å². The minimum Gasteiger partial charge on any atom is -0.281 e. The maximum Gasteiger partial charge on any atom is 0.246 e. The van der Waals surface area contributed by atoms with E-state index in [1.165, 1.54) is 8.61 Å². The van der Waals surface area contributed by atoms with E-state index in [1.54, 1.807) is 13.8 Å². The van der Waals surface area contributed by atoms with Crippen molar-refractivity contribution in [2.45, 2.75) is 30.9 Å². The van der Waals surface area contributed by atoms with Crippen molar-refractivity contribution in [2.75, 3.05) is 26.2 Å². The Morgan fingerprint density at radius 1 is 0.966 bits per heavy atom. The molecule has 0 atom stereocenters. The smallest absolute Gasteiger partial charge is 0.246 e. The van der Waals surface area contributed by atoms with Crippen molar-refractivity contribution in [3.63, 3.8) is 0 Å². The Morgan fingerprint density at radius 3 is 2.14 bits per heavy atom. The Bertz CT molecular complexity index is 1080. The number of hydrogen-bond donors (Lipinski definition) is 1. The van der Waals surface area contributed by atoms with Crippen LogP contribution < -0.4 is 0 Å². The number of nitrogens with zero attached hydrogens (tertiary/aromatic N) is 3. The fourth-order valence-corrected chi connectivity index (χ4v) is 6.77. The van der Waals surface area contributed by atoms with E-state index >= 15 is 0 Å². The first-order valence-corrected chi connectivity index (χ1v) is 12.0. The molecule has 0 radical (unpaired) electrons. The molecule has 0 spiro atoms. The number of aryl methyl sites for hydroxylation is 2. The van der Waals surface area contributed by atoms with Crippen LogP contribution in [0.3, 0.4) is 0 Å². The molecule has 1 fully saturated rings. The molecule has 1 N–H and O–H groups in total. The molecular formula is C17H22F2N4O4S2. The molecule has 3 rings (SSSR count). The number of sulfonamides is 2. The van der Waals surface area contributed by atoms with Crippen molar-refractivity contribution in [3.8, 4) is 0 Å². The van der Waals surface area contributed by atoms with Gasteiger partial charge in [-0.3, -0.25) is 5.10 Å². The third-order valence-electron chi connectivity index (χ3n) is 4.74. The average molecular weight is 449 g/mol. The fourth-order valence-electron chi connectivity index (χ4n) is 3.43. The number of aromatic nitrogens is 2. The normalized spacial score (nSPS) is 17.4. The standard InChI is InChI=1S/C17H22F2N4O4S2/c1-12-17(13(2)21-20-12)29(26,27)23-5-3-4-22(6-7-23)28(24,25)11-14-8-15(18)10-16(19)9-14/h8-10H,3-7,11H2,1-2H3,(H,20,21). The number of hydrogen-bond acceptors (Lipinski definition) is 5. The zero-order valence-corrected chi connectivity index (χ0v) is 17.7. The van der Waals surface area contributed by atoms with Crippen molar-refractivity contribution in [1.29, 1.82) is 0 Å². The van der Waals surface area contributed by atoms with Crippen molar-refractivity contribution >= 4 is 20.0 Å². The summed E-state index contributed by atoms with van der Waals surface area (Å²) in [6.07, 6.45) is 0.298. The summed E-state index contributed by atoms with van der Waals surface area (Å²) in [6, 6.07) is 2.62. The van der Waals surface area contributed by atoms with Gasteiger partial charge in [-0.05, 0) is 38.0 Å². The van der Waals surface area contributed by atoms with Gasteiger partial charge >= 0.3 is 0 Å². The quantitative estimate of drug-likeness (QED) is 0.747. The Labute approximate surface area is 168 Å². The van der Waals surface area contributed by atoms with E-state index in [0.29, 0.717) is 23.9 Å². The third kappa shape index (κ3) is 4.65. The predicted octanol–water partition coefficient (Wildman–Crippen LogP) is 1.53. The van der Waals surface area contributed by atoms with Gasteiger partial charge in [0.1, 0.15) is 16.5 Å². The molecule has 2 aromatic rings. The van der Waals surface area contributed by atoms with E-state index in [9.17, 15) is 25.6 Å². The van der Waals surface area contributed by atoms with Crippen LogP contribution in [0.2, 0.25) is 0 Å². The summed E-state index contributed by atoms with van der Waals surface area (Å²) in [5.41, 5.74) is 0.773. The van der Waals surface area contributed by atoms with Gasteiger partial charge in [0.2, 0.25) is 20.0 Å². The number of rotatable bonds is 5. The van der Waals surface area contributed by atoms with Gasteiger partial charge in [0, 0.05) is 32.2 Å². The first-order chi connectivity index (χ1) is 13.5. The lowest BCUT2D eigenvalue weighted by Crippen LogP contribution is -2.38. The number of nitrogens with one attached hydrogen (secondary N) is 1. The highest BCUT2D eigenvalue weighted by molar-refractivity contribution is 7.89. The van der Waals surface area contributed by atoms with E-state index in [1.807, 2.05) is 0 Å². The molecule has 0 aliphatic carbocycles. The first-order valence-electron chi connectivity index (χ1n) is 8.95. The average Bonchev–Trinajstić information content (AvgIpc) is 2.81. The molecule has 2 heterocycles. The van der Waals surface area contributed by atoms with Crippen LogP contribution in [0.1, 0.15) is 23.4 Å². The van der Waals surface area contributed by atoms with Gasteiger partial charge in [-0.1, -0.05) is 0 Å². The Kier molecular flexibility index (Phi) is 6.08. The lowest BCUT2D eigenvalue weighted by Gasteiger charge is -2.22. The van der Waals surface area contributed by atoms with Crippen molar-refractivity contribution < 1.29 is 25.6 Å². The topological polar surface area (TPSA) is 103 Å². The van der Waals surface area contributed by atoms with Crippen LogP contribution in [0.4, 0.5) is 8.78 Å². The van der Waals surface area contributed by atoms with Crippen molar-refractivity contribution in [3.05, 3.63) is 46.8 Å². The molecule has 8 nitrogen and oxygen atoms in total. The van der Waals surface area contributed by atoms with E-state index < -0.39 is 37.4 Å². The van der Waals surface area contributed by atoms with Gasteiger partial charge in [0.05, 0.1) is 17.1 Å². The highest BCUT2D eigenvalue weighted by Gasteiger charge is 2.33. The summed E-state index contributed by atoms with van der Waals surface area (Å²) in [7, 11) is -7.70. The third-order valence-corrected chi connectivity index (χ3v) is 8.75. The van der Waals surface area contributed by atoms with Crippen LogP contribution in [-0.2, 0) is 25.8 Å². The van der Waals surface area contributed by atoms with Crippen molar-refractivity contribution in [1.82, 2.24) is 18.8 Å². The molecular weight excluding hydrogens is 426 g/mol. The summed E-state index contributed by atoms with van der Waals surface area (Å²) in [6.45, 7) is 3.41. The lowest BCUT2D eigenvalue weighted by atomic mass is 10.2.